The lowest BCUT2D eigenvalue weighted by molar-refractivity contribution is 1.28. The van der Waals surface area contributed by atoms with Gasteiger partial charge in [0, 0.05) is 21.6 Å². The lowest BCUT2D eigenvalue weighted by Gasteiger charge is -1.98. The average molecular weight is 273 g/mol. The lowest BCUT2D eigenvalue weighted by atomic mass is 10.2. The van der Waals surface area contributed by atoms with Gasteiger partial charge in [-0.2, -0.15) is 0 Å². The average Bonchev–Trinajstić information content (AvgIpc) is 2.73. The van der Waals surface area contributed by atoms with E-state index in [9.17, 15) is 0 Å². The summed E-state index contributed by atoms with van der Waals surface area (Å²) in [5.74, 6) is 0. The second-order valence-corrected chi connectivity index (χ2v) is 4.46. The SMILES string of the molecule is Brc1cccnc1-c1cc2ccccc2[nH]1. The number of benzene rings is 1. The summed E-state index contributed by atoms with van der Waals surface area (Å²) in [5, 5.41) is 1.20. The number of aromatic nitrogens is 2. The molecule has 2 aromatic heterocycles. The van der Waals surface area contributed by atoms with Crippen molar-refractivity contribution in [2.45, 2.75) is 0 Å². The van der Waals surface area contributed by atoms with Crippen LogP contribution in [0.4, 0.5) is 0 Å². The Morgan fingerprint density at radius 3 is 2.75 bits per heavy atom. The molecule has 0 radical (unpaired) electrons. The van der Waals surface area contributed by atoms with E-state index in [4.69, 9.17) is 0 Å². The van der Waals surface area contributed by atoms with Crippen molar-refractivity contribution in [3.05, 3.63) is 53.1 Å². The molecule has 0 fully saturated rings. The number of para-hydroxylation sites is 1. The van der Waals surface area contributed by atoms with Crippen LogP contribution in [0.15, 0.2) is 53.1 Å². The number of hydrogen-bond donors (Lipinski definition) is 1. The quantitative estimate of drug-likeness (QED) is 0.713. The molecule has 0 saturated heterocycles. The fraction of sp³-hybridized carbons (Fsp3) is 0. The molecule has 0 aliphatic heterocycles. The summed E-state index contributed by atoms with van der Waals surface area (Å²) in [7, 11) is 0. The van der Waals surface area contributed by atoms with Gasteiger partial charge in [-0.1, -0.05) is 18.2 Å². The van der Waals surface area contributed by atoms with E-state index in [0.717, 1.165) is 21.4 Å². The van der Waals surface area contributed by atoms with Crippen LogP contribution in [0.3, 0.4) is 0 Å². The minimum atomic E-state index is 0.943. The molecule has 2 heterocycles. The number of aromatic amines is 1. The fourth-order valence-corrected chi connectivity index (χ4v) is 2.25. The fourth-order valence-electron chi connectivity index (χ4n) is 1.78. The maximum Gasteiger partial charge on any atom is 0.101 e. The maximum atomic E-state index is 4.37. The highest BCUT2D eigenvalue weighted by molar-refractivity contribution is 9.10. The van der Waals surface area contributed by atoms with Crippen molar-refractivity contribution in [3.63, 3.8) is 0 Å². The van der Waals surface area contributed by atoms with Crippen molar-refractivity contribution in [3.8, 4) is 11.4 Å². The number of nitrogens with zero attached hydrogens (tertiary/aromatic N) is 1. The largest absolute Gasteiger partial charge is 0.353 e. The molecule has 1 N–H and O–H groups in total. The molecule has 0 saturated carbocycles. The third-order valence-corrected chi connectivity index (χ3v) is 3.18. The number of fused-ring (bicyclic) bond motifs is 1. The van der Waals surface area contributed by atoms with Crippen molar-refractivity contribution < 1.29 is 0 Å². The first-order valence-electron chi connectivity index (χ1n) is 5.03. The van der Waals surface area contributed by atoms with Gasteiger partial charge in [0.2, 0.25) is 0 Å². The number of hydrogen-bond acceptors (Lipinski definition) is 1. The molecule has 3 aromatic rings. The van der Waals surface area contributed by atoms with Crippen LogP contribution in [0.1, 0.15) is 0 Å². The number of halogens is 1. The van der Waals surface area contributed by atoms with Crippen molar-refractivity contribution in [2.75, 3.05) is 0 Å². The van der Waals surface area contributed by atoms with Gasteiger partial charge >= 0.3 is 0 Å². The van der Waals surface area contributed by atoms with Gasteiger partial charge in [0.25, 0.3) is 0 Å². The van der Waals surface area contributed by atoms with Gasteiger partial charge in [-0.05, 0) is 40.2 Å². The van der Waals surface area contributed by atoms with E-state index >= 15 is 0 Å². The highest BCUT2D eigenvalue weighted by atomic mass is 79.9. The molecule has 1 aromatic carbocycles. The third-order valence-electron chi connectivity index (χ3n) is 2.54. The van der Waals surface area contributed by atoms with Crippen LogP contribution in [0.2, 0.25) is 0 Å². The Kier molecular flexibility index (Phi) is 2.26. The van der Waals surface area contributed by atoms with E-state index in [0.29, 0.717) is 0 Å². The van der Waals surface area contributed by atoms with Crippen LogP contribution in [-0.2, 0) is 0 Å². The molecule has 3 heteroatoms. The molecule has 0 aliphatic rings. The minimum absolute atomic E-state index is 0.943. The van der Waals surface area contributed by atoms with E-state index in [-0.39, 0.29) is 0 Å². The molecule has 0 bridgehead atoms. The summed E-state index contributed by atoms with van der Waals surface area (Å²) >= 11 is 3.51. The van der Waals surface area contributed by atoms with Crippen LogP contribution in [-0.4, -0.2) is 9.97 Å². The molecule has 0 unspecified atom stereocenters. The zero-order valence-corrected chi connectivity index (χ0v) is 10.0. The lowest BCUT2D eigenvalue weighted by Crippen LogP contribution is -1.83. The van der Waals surface area contributed by atoms with Gasteiger partial charge in [0.15, 0.2) is 0 Å². The van der Waals surface area contributed by atoms with E-state index < -0.39 is 0 Å². The molecule has 78 valence electrons. The zero-order valence-electron chi connectivity index (χ0n) is 8.44. The summed E-state index contributed by atoms with van der Waals surface area (Å²) < 4.78 is 1.00. The first-order chi connectivity index (χ1) is 7.84. The molecule has 0 amide bonds. The number of pyridine rings is 1. The monoisotopic (exact) mass is 272 g/mol. The van der Waals surface area contributed by atoms with Crippen LogP contribution in [0.25, 0.3) is 22.3 Å². The van der Waals surface area contributed by atoms with Crippen molar-refractivity contribution in [2.24, 2.45) is 0 Å². The van der Waals surface area contributed by atoms with Crippen molar-refractivity contribution in [1.29, 1.82) is 0 Å². The first-order valence-corrected chi connectivity index (χ1v) is 5.82. The molecule has 3 rings (SSSR count). The molecule has 0 atom stereocenters. The van der Waals surface area contributed by atoms with Gasteiger partial charge in [-0.15, -0.1) is 0 Å². The molecular formula is C13H9BrN2. The Morgan fingerprint density at radius 2 is 1.94 bits per heavy atom. The Labute approximate surface area is 101 Å². The Bertz CT molecular complexity index is 610. The third kappa shape index (κ3) is 1.53. The second-order valence-electron chi connectivity index (χ2n) is 3.60. The van der Waals surface area contributed by atoms with Crippen LogP contribution < -0.4 is 0 Å². The number of H-pyrrole nitrogens is 1. The Balaban J connectivity index is 2.23. The van der Waals surface area contributed by atoms with Crippen LogP contribution in [0.5, 0.6) is 0 Å². The summed E-state index contributed by atoms with van der Waals surface area (Å²) in [6.07, 6.45) is 1.80. The molecule has 0 spiro atoms. The second kappa shape index (κ2) is 3.76. The summed E-state index contributed by atoms with van der Waals surface area (Å²) in [6, 6.07) is 14.2. The first kappa shape index (κ1) is 9.60. The predicted octanol–water partition coefficient (Wildman–Crippen LogP) is 3.99. The van der Waals surface area contributed by atoms with E-state index in [1.807, 2.05) is 24.3 Å². The van der Waals surface area contributed by atoms with Gasteiger partial charge in [-0.3, -0.25) is 4.98 Å². The number of rotatable bonds is 1. The van der Waals surface area contributed by atoms with E-state index in [2.05, 4.69) is 44.1 Å². The summed E-state index contributed by atoms with van der Waals surface area (Å²) in [5.41, 5.74) is 3.11. The molecule has 2 nitrogen and oxygen atoms in total. The van der Waals surface area contributed by atoms with E-state index in [1.54, 1.807) is 6.20 Å². The number of nitrogens with one attached hydrogen (secondary N) is 1. The van der Waals surface area contributed by atoms with Gasteiger partial charge < -0.3 is 4.98 Å². The minimum Gasteiger partial charge on any atom is -0.353 e. The van der Waals surface area contributed by atoms with Crippen LogP contribution >= 0.6 is 15.9 Å². The van der Waals surface area contributed by atoms with Crippen molar-refractivity contribution in [1.82, 2.24) is 9.97 Å². The van der Waals surface area contributed by atoms with E-state index in [1.165, 1.54) is 5.39 Å². The Hall–Kier alpha value is -1.61. The van der Waals surface area contributed by atoms with Crippen LogP contribution in [0, 0.1) is 0 Å². The molecular weight excluding hydrogens is 264 g/mol. The van der Waals surface area contributed by atoms with Gasteiger partial charge in [0.05, 0.1) is 5.69 Å². The smallest absolute Gasteiger partial charge is 0.101 e. The highest BCUT2D eigenvalue weighted by Gasteiger charge is 2.06. The zero-order chi connectivity index (χ0) is 11.0. The predicted molar refractivity (Wildman–Crippen MR) is 69.2 cm³/mol. The van der Waals surface area contributed by atoms with Gasteiger partial charge in [0.1, 0.15) is 5.69 Å². The van der Waals surface area contributed by atoms with Crippen molar-refractivity contribution >= 4 is 26.8 Å². The molecule has 0 aliphatic carbocycles. The summed E-state index contributed by atoms with van der Waals surface area (Å²) in [6.45, 7) is 0. The van der Waals surface area contributed by atoms with Gasteiger partial charge in [-0.25, -0.2) is 0 Å². The topological polar surface area (TPSA) is 28.7 Å². The molecule has 16 heavy (non-hydrogen) atoms. The Morgan fingerprint density at radius 1 is 1.06 bits per heavy atom. The normalized spacial score (nSPS) is 10.8. The maximum absolute atomic E-state index is 4.37. The highest BCUT2D eigenvalue weighted by Crippen LogP contribution is 2.27. The summed E-state index contributed by atoms with van der Waals surface area (Å²) in [4.78, 5) is 7.73. The standard InChI is InChI=1S/C13H9BrN2/c14-10-5-3-7-15-13(10)12-8-9-4-1-2-6-11(9)16-12/h1-8,16H.